The molecule has 0 bridgehead atoms. The highest BCUT2D eigenvalue weighted by Crippen LogP contribution is 2.36. The van der Waals surface area contributed by atoms with Crippen LogP contribution in [0.1, 0.15) is 47.3 Å². The molecule has 2 aromatic carbocycles. The van der Waals surface area contributed by atoms with Gasteiger partial charge >= 0.3 is 11.9 Å². The van der Waals surface area contributed by atoms with Gasteiger partial charge in [0, 0.05) is 15.8 Å². The molecule has 7 nitrogen and oxygen atoms in total. The van der Waals surface area contributed by atoms with Crippen molar-refractivity contribution in [3.05, 3.63) is 77.0 Å². The summed E-state index contributed by atoms with van der Waals surface area (Å²) in [6, 6.07) is 15.4. The summed E-state index contributed by atoms with van der Waals surface area (Å²) in [5.74, 6) is -1.60. The van der Waals surface area contributed by atoms with Crippen LogP contribution >= 0.6 is 11.3 Å². The summed E-state index contributed by atoms with van der Waals surface area (Å²) in [5, 5.41) is 4.00. The molecule has 1 N–H and O–H groups in total. The van der Waals surface area contributed by atoms with Crippen molar-refractivity contribution < 1.29 is 28.3 Å². The highest BCUT2D eigenvalue weighted by Gasteiger charge is 2.25. The lowest BCUT2D eigenvalue weighted by Gasteiger charge is -2.13. The molecular formula is C29H27NO6S. The summed E-state index contributed by atoms with van der Waals surface area (Å²) >= 11 is 1.26. The SMILES string of the molecule is CCOC(=O)c1cc(-c2ccccc2)sc1NC(=O)C(C)OC(=O)Cc1coc2cc3c(cc12)CCC3. The summed E-state index contributed by atoms with van der Waals surface area (Å²) < 4.78 is 16.3. The molecule has 1 amide bonds. The van der Waals surface area contributed by atoms with Gasteiger partial charge in [-0.15, -0.1) is 11.3 Å². The number of furan rings is 1. The van der Waals surface area contributed by atoms with Crippen LogP contribution in [-0.4, -0.2) is 30.6 Å². The minimum absolute atomic E-state index is 0.00532. The minimum Gasteiger partial charge on any atom is -0.464 e. The lowest BCUT2D eigenvalue weighted by Crippen LogP contribution is -2.30. The summed E-state index contributed by atoms with van der Waals surface area (Å²) in [6.45, 7) is 3.43. The standard InChI is InChI=1S/C29H27NO6S/c1-3-34-29(33)23-15-25(18-8-5-4-6-9-18)37-28(23)30-27(32)17(2)36-26(31)14-21-16-35-24-13-20-11-7-10-19(20)12-22(21)24/h4-6,8-9,12-13,15-17H,3,7,10-11,14H2,1-2H3,(H,30,32). The van der Waals surface area contributed by atoms with Crippen molar-refractivity contribution in [1.82, 2.24) is 0 Å². The van der Waals surface area contributed by atoms with E-state index in [1.807, 2.05) is 30.3 Å². The van der Waals surface area contributed by atoms with E-state index in [9.17, 15) is 14.4 Å². The maximum atomic E-state index is 12.9. The van der Waals surface area contributed by atoms with Crippen LogP contribution in [0.4, 0.5) is 5.00 Å². The predicted octanol–water partition coefficient (Wildman–Crippen LogP) is 5.94. The van der Waals surface area contributed by atoms with Crippen LogP contribution in [0.25, 0.3) is 21.4 Å². The quantitative estimate of drug-likeness (QED) is 0.291. The molecule has 2 aromatic heterocycles. The van der Waals surface area contributed by atoms with Crippen LogP contribution in [0.5, 0.6) is 0 Å². The predicted molar refractivity (Wildman–Crippen MR) is 142 cm³/mol. The second-order valence-electron chi connectivity index (χ2n) is 8.97. The highest BCUT2D eigenvalue weighted by molar-refractivity contribution is 7.20. The molecule has 1 atom stereocenters. The molecule has 5 rings (SSSR count). The number of nitrogens with one attached hydrogen (secondary N) is 1. The summed E-state index contributed by atoms with van der Waals surface area (Å²) in [5.41, 5.74) is 5.25. The fraction of sp³-hybridized carbons (Fsp3) is 0.276. The molecule has 2 heterocycles. The maximum Gasteiger partial charge on any atom is 0.341 e. The van der Waals surface area contributed by atoms with Gasteiger partial charge in [0.25, 0.3) is 5.91 Å². The lowest BCUT2D eigenvalue weighted by atomic mass is 10.0. The number of amides is 1. The van der Waals surface area contributed by atoms with E-state index in [2.05, 4.69) is 17.4 Å². The van der Waals surface area contributed by atoms with Gasteiger partial charge in [-0.3, -0.25) is 9.59 Å². The van der Waals surface area contributed by atoms with Gasteiger partial charge in [-0.1, -0.05) is 30.3 Å². The van der Waals surface area contributed by atoms with Crippen LogP contribution in [-0.2, 0) is 38.3 Å². The van der Waals surface area contributed by atoms with E-state index in [4.69, 9.17) is 13.9 Å². The van der Waals surface area contributed by atoms with E-state index in [1.54, 1.807) is 19.3 Å². The number of hydrogen-bond acceptors (Lipinski definition) is 7. The third kappa shape index (κ3) is 5.29. The number of hydrogen-bond donors (Lipinski definition) is 1. The fourth-order valence-corrected chi connectivity index (χ4v) is 5.59. The van der Waals surface area contributed by atoms with Crippen LogP contribution in [0.15, 0.2) is 59.2 Å². The number of fused-ring (bicyclic) bond motifs is 2. The lowest BCUT2D eigenvalue weighted by molar-refractivity contribution is -0.152. The monoisotopic (exact) mass is 517 g/mol. The van der Waals surface area contributed by atoms with Gasteiger partial charge in [0.2, 0.25) is 0 Å². The largest absolute Gasteiger partial charge is 0.464 e. The number of carbonyl (C=O) groups excluding carboxylic acids is 3. The number of thiophene rings is 1. The van der Waals surface area contributed by atoms with Gasteiger partial charge in [-0.05, 0) is 68.0 Å². The van der Waals surface area contributed by atoms with Gasteiger partial charge in [0.1, 0.15) is 10.6 Å². The number of rotatable bonds is 8. The van der Waals surface area contributed by atoms with E-state index in [-0.39, 0.29) is 18.6 Å². The van der Waals surface area contributed by atoms with E-state index < -0.39 is 23.9 Å². The Labute approximate surface area is 218 Å². The third-order valence-electron chi connectivity index (χ3n) is 6.40. The second-order valence-corrected chi connectivity index (χ2v) is 10.0. The van der Waals surface area contributed by atoms with Gasteiger partial charge < -0.3 is 19.2 Å². The smallest absolute Gasteiger partial charge is 0.341 e. The second kappa shape index (κ2) is 10.6. The van der Waals surface area contributed by atoms with E-state index in [1.165, 1.54) is 29.4 Å². The first-order valence-electron chi connectivity index (χ1n) is 12.3. The van der Waals surface area contributed by atoms with Crippen molar-refractivity contribution in [1.29, 1.82) is 0 Å². The number of esters is 2. The first-order valence-corrected chi connectivity index (χ1v) is 13.1. The number of benzene rings is 2. The van der Waals surface area contributed by atoms with Crippen molar-refractivity contribution >= 4 is 45.2 Å². The average Bonchev–Trinajstić information content (AvgIpc) is 3.62. The Bertz CT molecular complexity index is 1470. The van der Waals surface area contributed by atoms with Gasteiger partial charge in [-0.2, -0.15) is 0 Å². The third-order valence-corrected chi connectivity index (χ3v) is 7.50. The summed E-state index contributed by atoms with van der Waals surface area (Å²) in [6.07, 6.45) is 3.71. The van der Waals surface area contributed by atoms with Crippen molar-refractivity contribution in [2.75, 3.05) is 11.9 Å². The first kappa shape index (κ1) is 24.8. The molecule has 0 radical (unpaired) electrons. The zero-order valence-corrected chi connectivity index (χ0v) is 21.5. The molecule has 37 heavy (non-hydrogen) atoms. The van der Waals surface area contributed by atoms with E-state index in [0.717, 1.165) is 46.2 Å². The fourth-order valence-electron chi connectivity index (χ4n) is 4.54. The topological polar surface area (TPSA) is 94.8 Å². The molecule has 0 fully saturated rings. The Morgan fingerprint density at radius 3 is 2.59 bits per heavy atom. The molecule has 8 heteroatoms. The number of carbonyl (C=O) groups is 3. The van der Waals surface area contributed by atoms with Crippen LogP contribution in [0.3, 0.4) is 0 Å². The zero-order chi connectivity index (χ0) is 25.9. The van der Waals surface area contributed by atoms with Crippen molar-refractivity contribution in [3.63, 3.8) is 0 Å². The van der Waals surface area contributed by atoms with Crippen molar-refractivity contribution in [3.8, 4) is 10.4 Å². The van der Waals surface area contributed by atoms with Crippen LogP contribution in [0, 0.1) is 0 Å². The minimum atomic E-state index is -1.06. The molecule has 190 valence electrons. The van der Waals surface area contributed by atoms with Crippen molar-refractivity contribution in [2.24, 2.45) is 0 Å². The molecule has 0 saturated heterocycles. The number of anilines is 1. The zero-order valence-electron chi connectivity index (χ0n) is 20.7. The summed E-state index contributed by atoms with van der Waals surface area (Å²) in [7, 11) is 0. The first-order chi connectivity index (χ1) is 17.9. The Balaban J connectivity index is 1.27. The average molecular weight is 518 g/mol. The van der Waals surface area contributed by atoms with E-state index in [0.29, 0.717) is 5.00 Å². The van der Waals surface area contributed by atoms with Gasteiger partial charge in [-0.25, -0.2) is 4.79 Å². The molecule has 0 saturated carbocycles. The summed E-state index contributed by atoms with van der Waals surface area (Å²) in [4.78, 5) is 38.9. The van der Waals surface area contributed by atoms with Gasteiger partial charge in [0.05, 0.1) is 24.9 Å². The Morgan fingerprint density at radius 2 is 1.84 bits per heavy atom. The van der Waals surface area contributed by atoms with Crippen molar-refractivity contribution in [2.45, 2.75) is 45.6 Å². The molecule has 1 aliphatic rings. The number of aryl methyl sites for hydroxylation is 2. The molecule has 0 aliphatic heterocycles. The normalized spacial score (nSPS) is 13.2. The van der Waals surface area contributed by atoms with Crippen LogP contribution in [0.2, 0.25) is 0 Å². The molecule has 1 unspecified atom stereocenters. The molecule has 4 aromatic rings. The number of ether oxygens (including phenoxy) is 2. The maximum absolute atomic E-state index is 12.9. The molecule has 1 aliphatic carbocycles. The molecule has 0 spiro atoms. The molecular weight excluding hydrogens is 490 g/mol. The Hall–Kier alpha value is -3.91. The van der Waals surface area contributed by atoms with Gasteiger partial charge in [0.15, 0.2) is 6.10 Å². The van der Waals surface area contributed by atoms with Crippen LogP contribution < -0.4 is 5.32 Å². The highest BCUT2D eigenvalue weighted by atomic mass is 32.1. The van der Waals surface area contributed by atoms with E-state index >= 15 is 0 Å². The Kier molecular flexibility index (Phi) is 7.10. The Morgan fingerprint density at radius 1 is 1.08 bits per heavy atom.